The highest BCUT2D eigenvalue weighted by atomic mass is 16.2. The lowest BCUT2D eigenvalue weighted by Gasteiger charge is -2.30. The van der Waals surface area contributed by atoms with Crippen LogP contribution in [0.2, 0.25) is 0 Å². The summed E-state index contributed by atoms with van der Waals surface area (Å²) in [5, 5.41) is 5.41. The molecule has 0 bridgehead atoms. The molecule has 5 heteroatoms. The molecule has 2 atom stereocenters. The summed E-state index contributed by atoms with van der Waals surface area (Å²) >= 11 is 0. The van der Waals surface area contributed by atoms with Crippen molar-refractivity contribution in [2.24, 2.45) is 11.7 Å². The van der Waals surface area contributed by atoms with Gasteiger partial charge in [-0.05, 0) is 42.6 Å². The van der Waals surface area contributed by atoms with E-state index in [4.69, 9.17) is 5.73 Å². The van der Waals surface area contributed by atoms with Gasteiger partial charge in [0, 0.05) is 6.54 Å². The van der Waals surface area contributed by atoms with Gasteiger partial charge in [-0.25, -0.2) is 0 Å². The largest absolute Gasteiger partial charge is 0.369 e. The number of nitrogens with two attached hydrogens (primary N) is 1. The second-order valence-electron chi connectivity index (χ2n) is 6.83. The normalized spacial score (nSPS) is 19.5. The maximum absolute atomic E-state index is 12.4. The van der Waals surface area contributed by atoms with Gasteiger partial charge in [0.25, 0.3) is 0 Å². The fourth-order valence-electron chi connectivity index (χ4n) is 3.63. The maximum Gasteiger partial charge on any atom is 0.234 e. The Labute approximate surface area is 148 Å². The van der Waals surface area contributed by atoms with Crippen LogP contribution in [0.1, 0.15) is 31.4 Å². The molecule has 132 valence electrons. The van der Waals surface area contributed by atoms with E-state index in [0.29, 0.717) is 13.1 Å². The molecule has 1 heterocycles. The summed E-state index contributed by atoms with van der Waals surface area (Å²) < 4.78 is 0. The zero-order chi connectivity index (χ0) is 17.8. The molecule has 0 unspecified atom stereocenters. The maximum atomic E-state index is 12.4. The Balaban J connectivity index is 1.63. The number of nitrogens with zero attached hydrogens (tertiary/aromatic N) is 1. The lowest BCUT2D eigenvalue weighted by molar-refractivity contribution is -0.127. The average molecular weight is 339 g/mol. The lowest BCUT2D eigenvalue weighted by atomic mass is 9.97. The van der Waals surface area contributed by atoms with Crippen molar-refractivity contribution in [3.05, 3.63) is 48.0 Å². The number of piperidine rings is 1. The van der Waals surface area contributed by atoms with E-state index in [-0.39, 0.29) is 23.8 Å². The van der Waals surface area contributed by atoms with Crippen LogP contribution in [0, 0.1) is 5.92 Å². The van der Waals surface area contributed by atoms with Crippen LogP contribution in [-0.2, 0) is 9.59 Å². The van der Waals surface area contributed by atoms with Crippen molar-refractivity contribution in [3.63, 3.8) is 0 Å². The SMILES string of the molecule is C[C@@H](NC(=O)CN1CCC[C@H](C(N)=O)C1)c1cccc2ccccc12. The molecule has 25 heavy (non-hydrogen) atoms. The highest BCUT2D eigenvalue weighted by Gasteiger charge is 2.25. The van der Waals surface area contributed by atoms with Gasteiger partial charge in [-0.2, -0.15) is 0 Å². The number of amides is 2. The minimum atomic E-state index is -0.269. The minimum absolute atomic E-state index is 0.0226. The third-order valence-electron chi connectivity index (χ3n) is 4.94. The topological polar surface area (TPSA) is 75.4 Å². The van der Waals surface area contributed by atoms with Crippen LogP contribution in [0.4, 0.5) is 0 Å². The molecule has 0 saturated carbocycles. The second-order valence-corrected chi connectivity index (χ2v) is 6.83. The van der Waals surface area contributed by atoms with E-state index in [0.717, 1.165) is 30.3 Å². The van der Waals surface area contributed by atoms with E-state index in [1.807, 2.05) is 30.0 Å². The molecule has 0 aromatic heterocycles. The molecule has 5 nitrogen and oxygen atoms in total. The third-order valence-corrected chi connectivity index (χ3v) is 4.94. The summed E-state index contributed by atoms with van der Waals surface area (Å²) in [6, 6.07) is 14.2. The summed E-state index contributed by atoms with van der Waals surface area (Å²) in [5.74, 6) is -0.433. The molecule has 2 aromatic carbocycles. The highest BCUT2D eigenvalue weighted by molar-refractivity contribution is 5.87. The predicted molar refractivity (Wildman–Crippen MR) is 98.9 cm³/mol. The molecular weight excluding hydrogens is 314 g/mol. The lowest BCUT2D eigenvalue weighted by Crippen LogP contribution is -2.45. The molecular formula is C20H25N3O2. The van der Waals surface area contributed by atoms with Gasteiger partial charge in [-0.15, -0.1) is 0 Å². The first-order chi connectivity index (χ1) is 12.0. The predicted octanol–water partition coefficient (Wildman–Crippen LogP) is 2.21. The number of hydrogen-bond donors (Lipinski definition) is 2. The van der Waals surface area contributed by atoms with Crippen molar-refractivity contribution in [1.82, 2.24) is 10.2 Å². The van der Waals surface area contributed by atoms with Gasteiger partial charge in [-0.1, -0.05) is 42.5 Å². The number of fused-ring (bicyclic) bond motifs is 1. The molecule has 2 aromatic rings. The molecule has 0 aliphatic carbocycles. The smallest absolute Gasteiger partial charge is 0.234 e. The van der Waals surface area contributed by atoms with Crippen LogP contribution in [0.3, 0.4) is 0 Å². The van der Waals surface area contributed by atoms with Crippen molar-refractivity contribution < 1.29 is 9.59 Å². The van der Waals surface area contributed by atoms with Crippen molar-refractivity contribution >= 4 is 22.6 Å². The minimum Gasteiger partial charge on any atom is -0.369 e. The Morgan fingerprint density at radius 2 is 2.00 bits per heavy atom. The summed E-state index contributed by atoms with van der Waals surface area (Å²) in [5.41, 5.74) is 6.51. The van der Waals surface area contributed by atoms with Crippen LogP contribution >= 0.6 is 0 Å². The number of carbonyl (C=O) groups is 2. The van der Waals surface area contributed by atoms with Crippen molar-refractivity contribution in [2.75, 3.05) is 19.6 Å². The van der Waals surface area contributed by atoms with Gasteiger partial charge in [0.1, 0.15) is 0 Å². The fourth-order valence-corrected chi connectivity index (χ4v) is 3.63. The number of primary amides is 1. The van der Waals surface area contributed by atoms with Crippen molar-refractivity contribution in [3.8, 4) is 0 Å². The quantitative estimate of drug-likeness (QED) is 0.877. The zero-order valence-corrected chi connectivity index (χ0v) is 14.6. The van der Waals surface area contributed by atoms with Crippen LogP contribution in [0.15, 0.2) is 42.5 Å². The van der Waals surface area contributed by atoms with E-state index in [2.05, 4.69) is 29.6 Å². The number of rotatable bonds is 5. The summed E-state index contributed by atoms with van der Waals surface area (Å²) in [6.07, 6.45) is 1.72. The monoisotopic (exact) mass is 339 g/mol. The van der Waals surface area contributed by atoms with Gasteiger partial charge in [-0.3, -0.25) is 14.5 Å². The number of hydrogen-bond acceptors (Lipinski definition) is 3. The van der Waals surface area contributed by atoms with E-state index < -0.39 is 0 Å². The van der Waals surface area contributed by atoms with Crippen molar-refractivity contribution in [1.29, 1.82) is 0 Å². The second kappa shape index (κ2) is 7.66. The fraction of sp³-hybridized carbons (Fsp3) is 0.400. The van der Waals surface area contributed by atoms with Crippen LogP contribution in [0.25, 0.3) is 10.8 Å². The summed E-state index contributed by atoms with van der Waals surface area (Å²) in [4.78, 5) is 25.8. The van der Waals surface area contributed by atoms with Gasteiger partial charge in [0.15, 0.2) is 0 Å². The first kappa shape index (κ1) is 17.4. The van der Waals surface area contributed by atoms with E-state index in [1.54, 1.807) is 0 Å². The van der Waals surface area contributed by atoms with Crippen LogP contribution in [-0.4, -0.2) is 36.3 Å². The van der Waals surface area contributed by atoms with Gasteiger partial charge in [0.05, 0.1) is 18.5 Å². The Bertz CT molecular complexity index is 769. The average Bonchev–Trinajstić information content (AvgIpc) is 2.61. The first-order valence-electron chi connectivity index (χ1n) is 8.83. The van der Waals surface area contributed by atoms with Gasteiger partial charge >= 0.3 is 0 Å². The number of carbonyl (C=O) groups excluding carboxylic acids is 2. The van der Waals surface area contributed by atoms with E-state index in [9.17, 15) is 9.59 Å². The Morgan fingerprint density at radius 1 is 1.24 bits per heavy atom. The highest BCUT2D eigenvalue weighted by Crippen LogP contribution is 2.24. The van der Waals surface area contributed by atoms with Gasteiger partial charge in [0.2, 0.25) is 11.8 Å². The standard InChI is InChI=1S/C20H25N3O2/c1-14(17-10-4-7-15-6-2-3-9-18(15)17)22-19(24)13-23-11-5-8-16(12-23)20(21)25/h2-4,6-7,9-10,14,16H,5,8,11-13H2,1H3,(H2,21,25)(H,22,24)/t14-,16+/m1/s1. The molecule has 0 spiro atoms. The number of likely N-dealkylation sites (tertiary alicyclic amines) is 1. The Kier molecular flexibility index (Phi) is 5.34. The molecule has 0 radical (unpaired) electrons. The molecule has 3 N–H and O–H groups in total. The molecule has 1 fully saturated rings. The number of nitrogens with one attached hydrogen (secondary N) is 1. The number of benzene rings is 2. The summed E-state index contributed by atoms with van der Waals surface area (Å²) in [7, 11) is 0. The van der Waals surface area contributed by atoms with Gasteiger partial charge < -0.3 is 11.1 Å². The Morgan fingerprint density at radius 3 is 2.80 bits per heavy atom. The molecule has 1 aliphatic rings. The Hall–Kier alpha value is -2.40. The van der Waals surface area contributed by atoms with Crippen LogP contribution in [0.5, 0.6) is 0 Å². The molecule has 3 rings (SSSR count). The van der Waals surface area contributed by atoms with E-state index in [1.165, 1.54) is 5.39 Å². The molecule has 1 aliphatic heterocycles. The summed E-state index contributed by atoms with van der Waals surface area (Å²) in [6.45, 7) is 3.71. The third kappa shape index (κ3) is 4.17. The molecule has 1 saturated heterocycles. The molecule has 2 amide bonds. The van der Waals surface area contributed by atoms with E-state index >= 15 is 0 Å². The van der Waals surface area contributed by atoms with Crippen LogP contribution < -0.4 is 11.1 Å². The first-order valence-corrected chi connectivity index (χ1v) is 8.83. The zero-order valence-electron chi connectivity index (χ0n) is 14.6. The van der Waals surface area contributed by atoms with Crippen molar-refractivity contribution in [2.45, 2.75) is 25.8 Å².